The molecule has 2 N–H and O–H groups in total. The van der Waals surface area contributed by atoms with E-state index in [0.29, 0.717) is 12.0 Å². The largest absolute Gasteiger partial charge is 0.444 e. The zero-order valence-corrected chi connectivity index (χ0v) is 11.1. The molecule has 1 saturated heterocycles. The molecule has 17 heavy (non-hydrogen) atoms. The van der Waals surface area contributed by atoms with Crippen LogP contribution in [0.3, 0.4) is 0 Å². The second-order valence-electron chi connectivity index (χ2n) is 6.37. The van der Waals surface area contributed by atoms with Crippen molar-refractivity contribution in [1.29, 1.82) is 0 Å². The first-order valence-corrected chi connectivity index (χ1v) is 6.60. The van der Waals surface area contributed by atoms with E-state index in [2.05, 4.69) is 0 Å². The van der Waals surface area contributed by atoms with Crippen LogP contribution in [0.4, 0.5) is 4.79 Å². The summed E-state index contributed by atoms with van der Waals surface area (Å²) in [6.07, 6.45) is 3.07. The van der Waals surface area contributed by atoms with Gasteiger partial charge in [-0.2, -0.15) is 0 Å². The number of likely N-dealkylation sites (tertiary alicyclic amines) is 1. The first-order valence-electron chi connectivity index (χ1n) is 6.60. The molecule has 1 saturated carbocycles. The summed E-state index contributed by atoms with van der Waals surface area (Å²) in [6, 6.07) is 0.360. The maximum Gasteiger partial charge on any atom is 0.410 e. The summed E-state index contributed by atoms with van der Waals surface area (Å²) in [5.41, 5.74) is 5.59. The molecule has 1 aliphatic heterocycles. The van der Waals surface area contributed by atoms with Crippen molar-refractivity contribution < 1.29 is 9.53 Å². The number of amides is 1. The van der Waals surface area contributed by atoms with Gasteiger partial charge in [-0.1, -0.05) is 0 Å². The molecule has 0 bridgehead atoms. The number of nitrogens with two attached hydrogens (primary N) is 1. The van der Waals surface area contributed by atoms with Crippen molar-refractivity contribution in [1.82, 2.24) is 4.90 Å². The number of carbonyl (C=O) groups excluding carboxylic acids is 1. The van der Waals surface area contributed by atoms with Crippen LogP contribution in [0.25, 0.3) is 0 Å². The summed E-state index contributed by atoms with van der Waals surface area (Å²) >= 11 is 0. The lowest BCUT2D eigenvalue weighted by Gasteiger charge is -2.41. The molecule has 2 rings (SSSR count). The van der Waals surface area contributed by atoms with Gasteiger partial charge in [-0.25, -0.2) is 4.79 Å². The molecular formula is C13H24N2O2. The van der Waals surface area contributed by atoms with E-state index in [-0.39, 0.29) is 6.09 Å². The first-order chi connectivity index (χ1) is 7.87. The van der Waals surface area contributed by atoms with E-state index in [1.807, 2.05) is 25.7 Å². The fourth-order valence-corrected chi connectivity index (χ4v) is 2.88. The molecule has 0 spiro atoms. The fourth-order valence-electron chi connectivity index (χ4n) is 2.88. The summed E-state index contributed by atoms with van der Waals surface area (Å²) in [7, 11) is 0. The third-order valence-corrected chi connectivity index (χ3v) is 3.88. The van der Waals surface area contributed by atoms with Gasteiger partial charge in [0, 0.05) is 19.1 Å². The quantitative estimate of drug-likeness (QED) is 0.704. The second-order valence-corrected chi connectivity index (χ2v) is 6.37. The Morgan fingerprint density at radius 3 is 2.53 bits per heavy atom. The SMILES string of the molecule is CC(C)(C)OC(=O)N1CCC2CC(N)C2CC1. The topological polar surface area (TPSA) is 55.6 Å². The van der Waals surface area contributed by atoms with Crippen molar-refractivity contribution in [3.8, 4) is 0 Å². The molecule has 2 aliphatic rings. The molecule has 98 valence electrons. The third-order valence-electron chi connectivity index (χ3n) is 3.88. The Morgan fingerprint density at radius 1 is 1.29 bits per heavy atom. The summed E-state index contributed by atoms with van der Waals surface area (Å²) in [4.78, 5) is 13.8. The van der Waals surface area contributed by atoms with Gasteiger partial charge < -0.3 is 15.4 Å². The van der Waals surface area contributed by atoms with E-state index >= 15 is 0 Å². The number of hydrogen-bond donors (Lipinski definition) is 1. The Labute approximate surface area is 103 Å². The van der Waals surface area contributed by atoms with Crippen LogP contribution < -0.4 is 5.73 Å². The highest BCUT2D eigenvalue weighted by molar-refractivity contribution is 5.68. The van der Waals surface area contributed by atoms with Crippen LogP contribution in [0.2, 0.25) is 0 Å². The van der Waals surface area contributed by atoms with Crippen LogP contribution in [-0.2, 0) is 4.74 Å². The molecule has 0 radical (unpaired) electrons. The van der Waals surface area contributed by atoms with E-state index in [1.54, 1.807) is 0 Å². The molecule has 3 atom stereocenters. The number of carbonyl (C=O) groups is 1. The summed E-state index contributed by atoms with van der Waals surface area (Å²) in [5.74, 6) is 1.36. The van der Waals surface area contributed by atoms with Gasteiger partial charge in [0.1, 0.15) is 5.60 Å². The molecule has 1 aliphatic carbocycles. The minimum absolute atomic E-state index is 0.174. The molecule has 0 aromatic carbocycles. The minimum Gasteiger partial charge on any atom is -0.444 e. The predicted molar refractivity (Wildman–Crippen MR) is 66.6 cm³/mol. The van der Waals surface area contributed by atoms with Crippen LogP contribution >= 0.6 is 0 Å². The molecule has 0 aromatic rings. The van der Waals surface area contributed by atoms with Crippen LogP contribution in [0, 0.1) is 11.8 Å². The van der Waals surface area contributed by atoms with E-state index < -0.39 is 5.60 Å². The van der Waals surface area contributed by atoms with Crippen molar-refractivity contribution in [2.75, 3.05) is 13.1 Å². The summed E-state index contributed by atoms with van der Waals surface area (Å²) in [6.45, 7) is 7.33. The molecule has 4 heteroatoms. The van der Waals surface area contributed by atoms with Crippen molar-refractivity contribution in [3.63, 3.8) is 0 Å². The molecule has 1 amide bonds. The number of hydrogen-bond acceptors (Lipinski definition) is 3. The van der Waals surface area contributed by atoms with Gasteiger partial charge in [0.15, 0.2) is 0 Å². The Kier molecular flexibility index (Phi) is 3.34. The normalized spacial score (nSPS) is 33.4. The Balaban J connectivity index is 1.88. The van der Waals surface area contributed by atoms with Crippen LogP contribution in [-0.4, -0.2) is 35.7 Å². The lowest BCUT2D eigenvalue weighted by molar-refractivity contribution is 0.0255. The lowest BCUT2D eigenvalue weighted by Crippen LogP contribution is -2.47. The maximum atomic E-state index is 12.0. The number of ether oxygens (including phenoxy) is 1. The van der Waals surface area contributed by atoms with Crippen molar-refractivity contribution >= 4 is 6.09 Å². The van der Waals surface area contributed by atoms with Gasteiger partial charge in [0.05, 0.1) is 0 Å². The van der Waals surface area contributed by atoms with Gasteiger partial charge in [-0.05, 0) is 51.9 Å². The van der Waals surface area contributed by atoms with E-state index in [4.69, 9.17) is 10.5 Å². The van der Waals surface area contributed by atoms with Crippen LogP contribution in [0.5, 0.6) is 0 Å². The minimum atomic E-state index is -0.404. The highest BCUT2D eigenvalue weighted by Crippen LogP contribution is 2.40. The smallest absolute Gasteiger partial charge is 0.410 e. The predicted octanol–water partition coefficient (Wildman–Crippen LogP) is 1.98. The lowest BCUT2D eigenvalue weighted by atomic mass is 9.67. The monoisotopic (exact) mass is 240 g/mol. The molecule has 0 aromatic heterocycles. The van der Waals surface area contributed by atoms with E-state index in [1.165, 1.54) is 0 Å². The Bertz CT molecular complexity index is 298. The van der Waals surface area contributed by atoms with Crippen molar-refractivity contribution in [2.45, 2.75) is 51.7 Å². The average Bonchev–Trinajstić information content (AvgIpc) is 2.33. The second kappa shape index (κ2) is 4.48. The number of fused-ring (bicyclic) bond motifs is 1. The van der Waals surface area contributed by atoms with Gasteiger partial charge in [-0.15, -0.1) is 0 Å². The van der Waals surface area contributed by atoms with Gasteiger partial charge in [0.2, 0.25) is 0 Å². The number of nitrogens with zero attached hydrogens (tertiary/aromatic N) is 1. The van der Waals surface area contributed by atoms with E-state index in [0.717, 1.165) is 38.3 Å². The van der Waals surface area contributed by atoms with E-state index in [9.17, 15) is 4.79 Å². The molecule has 1 heterocycles. The van der Waals surface area contributed by atoms with Gasteiger partial charge in [-0.3, -0.25) is 0 Å². The van der Waals surface area contributed by atoms with Crippen molar-refractivity contribution in [2.24, 2.45) is 17.6 Å². The Hall–Kier alpha value is -0.770. The standard InChI is InChI=1S/C13H24N2O2/c1-13(2,3)17-12(16)15-6-4-9-8-11(14)10(9)5-7-15/h9-11H,4-8,14H2,1-3H3. The summed E-state index contributed by atoms with van der Waals surface area (Å²) < 4.78 is 5.41. The molecule has 3 unspecified atom stereocenters. The van der Waals surface area contributed by atoms with Gasteiger partial charge >= 0.3 is 6.09 Å². The zero-order chi connectivity index (χ0) is 12.6. The zero-order valence-electron chi connectivity index (χ0n) is 11.1. The molecular weight excluding hydrogens is 216 g/mol. The first kappa shape index (κ1) is 12.7. The van der Waals surface area contributed by atoms with Crippen molar-refractivity contribution in [3.05, 3.63) is 0 Å². The van der Waals surface area contributed by atoms with Crippen LogP contribution in [0.15, 0.2) is 0 Å². The summed E-state index contributed by atoms with van der Waals surface area (Å²) in [5, 5.41) is 0. The molecule has 4 nitrogen and oxygen atoms in total. The highest BCUT2D eigenvalue weighted by atomic mass is 16.6. The highest BCUT2D eigenvalue weighted by Gasteiger charge is 2.40. The van der Waals surface area contributed by atoms with Crippen LogP contribution in [0.1, 0.15) is 40.0 Å². The number of rotatable bonds is 0. The van der Waals surface area contributed by atoms with Gasteiger partial charge in [0.25, 0.3) is 0 Å². The third kappa shape index (κ3) is 2.92. The Morgan fingerprint density at radius 2 is 1.94 bits per heavy atom. The maximum absolute atomic E-state index is 12.0. The fraction of sp³-hybridized carbons (Fsp3) is 0.923. The average molecular weight is 240 g/mol. The molecule has 2 fully saturated rings.